The van der Waals surface area contributed by atoms with Crippen molar-refractivity contribution in [3.05, 3.63) is 35.9 Å². The quantitative estimate of drug-likeness (QED) is 0.655. The molecular formula is C12H18NO+. The van der Waals surface area contributed by atoms with Crippen LogP contribution in [0.3, 0.4) is 0 Å². The Morgan fingerprint density at radius 3 is 2.07 bits per heavy atom. The second-order valence-electron chi connectivity index (χ2n) is 4.48. The molecule has 0 saturated heterocycles. The molecule has 2 heteroatoms. The summed E-state index contributed by atoms with van der Waals surface area (Å²) in [6.07, 6.45) is 0. The van der Waals surface area contributed by atoms with Crippen molar-refractivity contribution in [1.82, 2.24) is 0 Å². The summed E-state index contributed by atoms with van der Waals surface area (Å²) in [4.78, 5) is 11.9. The average molecular weight is 192 g/mol. The number of hydrogen-bond donors (Lipinski definition) is 0. The van der Waals surface area contributed by atoms with Crippen molar-refractivity contribution >= 4 is 5.91 Å². The van der Waals surface area contributed by atoms with Gasteiger partial charge in [0.2, 0.25) is 0 Å². The Hall–Kier alpha value is -1.15. The molecular weight excluding hydrogens is 174 g/mol. The van der Waals surface area contributed by atoms with Crippen molar-refractivity contribution in [3.63, 3.8) is 0 Å². The first kappa shape index (κ1) is 10.9. The van der Waals surface area contributed by atoms with Crippen LogP contribution in [0.25, 0.3) is 0 Å². The molecule has 0 saturated carbocycles. The highest BCUT2D eigenvalue weighted by Gasteiger charge is 2.27. The van der Waals surface area contributed by atoms with Crippen LogP contribution in [0.15, 0.2) is 30.3 Å². The molecule has 1 aromatic rings. The first-order chi connectivity index (χ1) is 6.43. The Bertz CT molecular complexity index is 311. The fourth-order valence-electron chi connectivity index (χ4n) is 1.47. The third-order valence-electron chi connectivity index (χ3n) is 2.33. The van der Waals surface area contributed by atoms with Crippen LogP contribution in [0.2, 0.25) is 0 Å². The van der Waals surface area contributed by atoms with Gasteiger partial charge in [0, 0.05) is 0 Å². The Labute approximate surface area is 85.8 Å². The summed E-state index contributed by atoms with van der Waals surface area (Å²) in [5.74, 6) is 0.201. The number of likely N-dealkylation sites (N-methyl/N-ethyl adjacent to an activating group) is 1. The minimum Gasteiger partial charge on any atom is -0.267 e. The van der Waals surface area contributed by atoms with Crippen molar-refractivity contribution in [2.24, 2.45) is 0 Å². The molecule has 0 N–H and O–H groups in total. The fraction of sp³-hybridized carbons (Fsp3) is 0.417. The molecule has 0 bridgehead atoms. The predicted molar refractivity (Wildman–Crippen MR) is 57.9 cm³/mol. The number of quaternary nitrogens is 1. The van der Waals surface area contributed by atoms with Gasteiger partial charge in [0.15, 0.2) is 0 Å². The zero-order valence-electron chi connectivity index (χ0n) is 9.32. The number of hydrogen-bond acceptors (Lipinski definition) is 1. The van der Waals surface area contributed by atoms with E-state index in [1.165, 1.54) is 0 Å². The van der Waals surface area contributed by atoms with Crippen molar-refractivity contribution < 1.29 is 9.28 Å². The Morgan fingerprint density at radius 1 is 1.14 bits per heavy atom. The maximum atomic E-state index is 11.9. The van der Waals surface area contributed by atoms with Crippen LogP contribution < -0.4 is 0 Å². The van der Waals surface area contributed by atoms with Gasteiger partial charge in [-0.2, -0.15) is 0 Å². The van der Waals surface area contributed by atoms with E-state index < -0.39 is 0 Å². The van der Waals surface area contributed by atoms with Gasteiger partial charge in [0.05, 0.1) is 27.1 Å². The van der Waals surface area contributed by atoms with Crippen LogP contribution in [0.1, 0.15) is 18.4 Å². The molecule has 2 nitrogen and oxygen atoms in total. The molecule has 1 rings (SSSR count). The minimum absolute atomic E-state index is 0.0313. The molecule has 0 aliphatic carbocycles. The van der Waals surface area contributed by atoms with Gasteiger partial charge in [0.1, 0.15) is 0 Å². The highest BCUT2D eigenvalue weighted by atomic mass is 16.2. The maximum Gasteiger partial charge on any atom is 0.320 e. The summed E-state index contributed by atoms with van der Waals surface area (Å²) in [5, 5.41) is 0. The molecule has 0 aliphatic rings. The average Bonchev–Trinajstić information content (AvgIpc) is 2.15. The largest absolute Gasteiger partial charge is 0.320 e. The minimum atomic E-state index is -0.0313. The summed E-state index contributed by atoms with van der Waals surface area (Å²) in [5.41, 5.74) is 1.09. The van der Waals surface area contributed by atoms with Crippen LogP contribution in [0.5, 0.6) is 0 Å². The number of nitrogens with zero attached hydrogens (tertiary/aromatic N) is 1. The van der Waals surface area contributed by atoms with E-state index in [0.717, 1.165) is 5.56 Å². The topological polar surface area (TPSA) is 17.1 Å². The van der Waals surface area contributed by atoms with E-state index >= 15 is 0 Å². The molecule has 0 aliphatic heterocycles. The van der Waals surface area contributed by atoms with Crippen LogP contribution >= 0.6 is 0 Å². The highest BCUT2D eigenvalue weighted by molar-refractivity contribution is 5.76. The third kappa shape index (κ3) is 2.42. The van der Waals surface area contributed by atoms with Gasteiger partial charge >= 0.3 is 5.91 Å². The SMILES string of the molecule is CC(C(=O)[N+](C)(C)C)c1ccccc1. The Morgan fingerprint density at radius 2 is 1.64 bits per heavy atom. The van der Waals surface area contributed by atoms with Gasteiger partial charge in [-0.25, -0.2) is 4.79 Å². The maximum absolute atomic E-state index is 11.9. The van der Waals surface area contributed by atoms with Crippen LogP contribution in [-0.4, -0.2) is 31.5 Å². The molecule has 1 aromatic carbocycles. The van der Waals surface area contributed by atoms with E-state index in [1.54, 1.807) is 0 Å². The molecule has 0 radical (unpaired) electrons. The normalized spacial score (nSPS) is 13.7. The summed E-state index contributed by atoms with van der Waals surface area (Å²) in [6, 6.07) is 9.90. The lowest BCUT2D eigenvalue weighted by atomic mass is 9.99. The van der Waals surface area contributed by atoms with Crippen molar-refractivity contribution in [3.8, 4) is 0 Å². The molecule has 0 fully saturated rings. The van der Waals surface area contributed by atoms with E-state index in [4.69, 9.17) is 0 Å². The zero-order chi connectivity index (χ0) is 10.8. The molecule has 0 spiro atoms. The van der Waals surface area contributed by atoms with Crippen LogP contribution in [0, 0.1) is 0 Å². The number of benzene rings is 1. The lowest BCUT2D eigenvalue weighted by molar-refractivity contribution is -0.793. The molecule has 0 aromatic heterocycles. The first-order valence-corrected chi connectivity index (χ1v) is 4.83. The summed E-state index contributed by atoms with van der Waals surface area (Å²) in [6.45, 7) is 1.96. The van der Waals surface area contributed by atoms with E-state index in [9.17, 15) is 4.79 Å². The van der Waals surface area contributed by atoms with Crippen molar-refractivity contribution in [1.29, 1.82) is 0 Å². The predicted octanol–water partition coefficient (Wildman–Crippen LogP) is 2.02. The third-order valence-corrected chi connectivity index (χ3v) is 2.33. The second-order valence-corrected chi connectivity index (χ2v) is 4.48. The molecule has 76 valence electrons. The monoisotopic (exact) mass is 192 g/mol. The fourth-order valence-corrected chi connectivity index (χ4v) is 1.47. The number of amides is 1. The van der Waals surface area contributed by atoms with Gasteiger partial charge in [-0.05, 0) is 12.5 Å². The van der Waals surface area contributed by atoms with Gasteiger partial charge in [-0.15, -0.1) is 0 Å². The van der Waals surface area contributed by atoms with Crippen molar-refractivity contribution in [2.45, 2.75) is 12.8 Å². The smallest absolute Gasteiger partial charge is 0.267 e. The molecule has 14 heavy (non-hydrogen) atoms. The Balaban J connectivity index is 2.87. The van der Waals surface area contributed by atoms with Gasteiger partial charge in [0.25, 0.3) is 0 Å². The van der Waals surface area contributed by atoms with Crippen molar-refractivity contribution in [2.75, 3.05) is 21.1 Å². The summed E-state index contributed by atoms with van der Waals surface area (Å²) in [7, 11) is 5.71. The number of rotatable bonds is 2. The second kappa shape index (κ2) is 3.93. The van der Waals surface area contributed by atoms with Gasteiger partial charge in [-0.3, -0.25) is 4.48 Å². The van der Waals surface area contributed by atoms with Gasteiger partial charge < -0.3 is 0 Å². The van der Waals surface area contributed by atoms with E-state index in [0.29, 0.717) is 4.48 Å². The molecule has 1 atom stereocenters. The lowest BCUT2D eigenvalue weighted by Gasteiger charge is -2.24. The number of carbonyl (C=O) groups is 1. The van der Waals surface area contributed by atoms with E-state index in [-0.39, 0.29) is 11.8 Å². The standard InChI is InChI=1S/C12H18NO/c1-10(12(14)13(2,3)4)11-8-6-5-7-9-11/h5-10H,1-4H3/q+1. The summed E-state index contributed by atoms with van der Waals surface area (Å²) < 4.78 is 0.371. The van der Waals surface area contributed by atoms with Gasteiger partial charge in [-0.1, -0.05) is 30.3 Å². The van der Waals surface area contributed by atoms with Crippen LogP contribution in [0.4, 0.5) is 0 Å². The molecule has 1 amide bonds. The molecule has 1 unspecified atom stereocenters. The highest BCUT2D eigenvalue weighted by Crippen LogP contribution is 2.18. The zero-order valence-corrected chi connectivity index (χ0v) is 9.32. The van der Waals surface area contributed by atoms with E-state index in [1.807, 2.05) is 58.4 Å². The first-order valence-electron chi connectivity index (χ1n) is 4.83. The lowest BCUT2D eigenvalue weighted by Crippen LogP contribution is -2.43. The summed E-state index contributed by atoms with van der Waals surface area (Å²) >= 11 is 0. The molecule has 0 heterocycles. The number of carbonyl (C=O) groups excluding carboxylic acids is 1. The Kier molecular flexibility index (Phi) is 3.06. The van der Waals surface area contributed by atoms with E-state index in [2.05, 4.69) is 0 Å². The van der Waals surface area contributed by atoms with Crippen LogP contribution in [-0.2, 0) is 4.79 Å².